The van der Waals surface area contributed by atoms with Gasteiger partial charge in [0.15, 0.2) is 0 Å². The van der Waals surface area contributed by atoms with Crippen molar-refractivity contribution in [3.05, 3.63) is 17.0 Å². The number of aryl methyl sites for hydroxylation is 2. The van der Waals surface area contributed by atoms with Crippen molar-refractivity contribution in [2.24, 2.45) is 5.92 Å². The van der Waals surface area contributed by atoms with Crippen molar-refractivity contribution in [3.8, 4) is 0 Å². The lowest BCUT2D eigenvalue weighted by Gasteiger charge is -2.15. The van der Waals surface area contributed by atoms with E-state index in [0.29, 0.717) is 25.9 Å². The number of carbonyl (C=O) groups excluding carboxylic acids is 1. The molecule has 0 spiro atoms. The molecular formula is C12H17N3O3. The molecule has 1 aliphatic heterocycles. The molecule has 1 fully saturated rings. The van der Waals surface area contributed by atoms with Crippen molar-refractivity contribution in [1.82, 2.24) is 15.1 Å². The molecule has 0 aromatic carbocycles. The largest absolute Gasteiger partial charge is 0.481 e. The lowest BCUT2D eigenvalue weighted by atomic mass is 10.1. The van der Waals surface area contributed by atoms with E-state index in [-0.39, 0.29) is 5.91 Å². The Balaban J connectivity index is 2.00. The van der Waals surface area contributed by atoms with E-state index in [1.165, 1.54) is 0 Å². The number of amides is 1. The van der Waals surface area contributed by atoms with Crippen molar-refractivity contribution in [3.63, 3.8) is 0 Å². The Kier molecular flexibility index (Phi) is 3.36. The first-order valence-electron chi connectivity index (χ1n) is 6.00. The number of carboxylic acid groups (broad SMARTS) is 1. The fourth-order valence-electron chi connectivity index (χ4n) is 2.29. The lowest BCUT2D eigenvalue weighted by Crippen LogP contribution is -2.31. The number of hydrogen-bond acceptors (Lipinski definition) is 3. The smallest absolute Gasteiger partial charge is 0.308 e. The minimum atomic E-state index is -0.819. The van der Waals surface area contributed by atoms with E-state index < -0.39 is 11.9 Å². The summed E-state index contributed by atoms with van der Waals surface area (Å²) in [5.74, 6) is -1.26. The van der Waals surface area contributed by atoms with Crippen LogP contribution in [0.5, 0.6) is 0 Å². The van der Waals surface area contributed by atoms with Crippen LogP contribution in [0, 0.1) is 19.8 Å². The fourth-order valence-corrected chi connectivity index (χ4v) is 2.29. The zero-order valence-electron chi connectivity index (χ0n) is 10.6. The summed E-state index contributed by atoms with van der Waals surface area (Å²) in [4.78, 5) is 24.5. The predicted molar refractivity (Wildman–Crippen MR) is 64.1 cm³/mol. The maximum absolute atomic E-state index is 12.1. The molecule has 0 aliphatic carbocycles. The van der Waals surface area contributed by atoms with Gasteiger partial charge >= 0.3 is 5.97 Å². The second-order valence-electron chi connectivity index (χ2n) is 4.75. The Morgan fingerprint density at radius 1 is 1.50 bits per heavy atom. The van der Waals surface area contributed by atoms with Gasteiger partial charge in [-0.2, -0.15) is 5.10 Å². The van der Waals surface area contributed by atoms with Crippen molar-refractivity contribution in [2.75, 3.05) is 13.1 Å². The highest BCUT2D eigenvalue weighted by molar-refractivity contribution is 5.81. The quantitative estimate of drug-likeness (QED) is 0.819. The second-order valence-corrected chi connectivity index (χ2v) is 4.75. The van der Waals surface area contributed by atoms with Gasteiger partial charge in [-0.05, 0) is 20.3 Å². The molecule has 1 unspecified atom stereocenters. The van der Waals surface area contributed by atoms with Gasteiger partial charge in [-0.15, -0.1) is 0 Å². The molecule has 1 saturated heterocycles. The van der Waals surface area contributed by atoms with Crippen molar-refractivity contribution in [1.29, 1.82) is 0 Å². The molecule has 1 amide bonds. The van der Waals surface area contributed by atoms with Crippen LogP contribution in [-0.4, -0.2) is 45.2 Å². The summed E-state index contributed by atoms with van der Waals surface area (Å²) in [7, 11) is 0. The molecule has 2 N–H and O–H groups in total. The SMILES string of the molecule is Cc1n[nH]c(C)c1CC(=O)N1CCC(C(=O)O)C1. The zero-order valence-corrected chi connectivity index (χ0v) is 10.6. The minimum Gasteiger partial charge on any atom is -0.481 e. The molecule has 6 nitrogen and oxygen atoms in total. The third kappa shape index (κ3) is 2.37. The topological polar surface area (TPSA) is 86.3 Å². The molecule has 1 aromatic heterocycles. The van der Waals surface area contributed by atoms with Crippen molar-refractivity contribution in [2.45, 2.75) is 26.7 Å². The molecule has 98 valence electrons. The molecule has 2 heterocycles. The summed E-state index contributed by atoms with van der Waals surface area (Å²) >= 11 is 0. The molecule has 2 rings (SSSR count). The number of hydrogen-bond donors (Lipinski definition) is 2. The van der Waals surface area contributed by atoms with E-state index in [1.54, 1.807) is 4.90 Å². The molecule has 1 atom stereocenters. The Labute approximate surface area is 105 Å². The van der Waals surface area contributed by atoms with Crippen LogP contribution in [-0.2, 0) is 16.0 Å². The molecule has 6 heteroatoms. The molecule has 18 heavy (non-hydrogen) atoms. The van der Waals surface area contributed by atoms with Crippen molar-refractivity contribution >= 4 is 11.9 Å². The first-order valence-corrected chi connectivity index (χ1v) is 6.00. The summed E-state index contributed by atoms with van der Waals surface area (Å²) in [5, 5.41) is 15.8. The van der Waals surface area contributed by atoms with Gasteiger partial charge in [0.05, 0.1) is 18.0 Å². The first kappa shape index (κ1) is 12.6. The normalized spacial score (nSPS) is 19.2. The van der Waals surface area contributed by atoms with Gasteiger partial charge in [-0.1, -0.05) is 0 Å². The van der Waals surface area contributed by atoms with Crippen LogP contribution in [0.15, 0.2) is 0 Å². The number of aromatic amines is 1. The minimum absolute atomic E-state index is 0.0219. The van der Waals surface area contributed by atoms with Gasteiger partial charge in [-0.25, -0.2) is 0 Å². The number of nitrogens with zero attached hydrogens (tertiary/aromatic N) is 2. The number of carboxylic acids is 1. The number of carbonyl (C=O) groups is 2. The zero-order chi connectivity index (χ0) is 13.3. The molecule has 1 aromatic rings. The highest BCUT2D eigenvalue weighted by Gasteiger charge is 2.31. The summed E-state index contributed by atoms with van der Waals surface area (Å²) in [6.45, 7) is 4.60. The average molecular weight is 251 g/mol. The number of nitrogens with one attached hydrogen (secondary N) is 1. The van der Waals surface area contributed by atoms with Gasteiger partial charge in [0.25, 0.3) is 0 Å². The lowest BCUT2D eigenvalue weighted by molar-refractivity contribution is -0.141. The number of aliphatic carboxylic acids is 1. The van der Waals surface area contributed by atoms with Crippen LogP contribution in [0.3, 0.4) is 0 Å². The van der Waals surface area contributed by atoms with Crippen LogP contribution >= 0.6 is 0 Å². The van der Waals surface area contributed by atoms with Crippen LogP contribution in [0.4, 0.5) is 0 Å². The number of rotatable bonds is 3. The first-order chi connectivity index (χ1) is 8.49. The standard InChI is InChI=1S/C12H17N3O3/c1-7-10(8(2)14-13-7)5-11(16)15-4-3-9(6-15)12(17)18/h9H,3-6H2,1-2H3,(H,13,14)(H,17,18). The summed E-state index contributed by atoms with van der Waals surface area (Å²) in [5.41, 5.74) is 2.64. The third-order valence-electron chi connectivity index (χ3n) is 3.50. The van der Waals surface area contributed by atoms with E-state index in [0.717, 1.165) is 17.0 Å². The Bertz CT molecular complexity index is 461. The van der Waals surface area contributed by atoms with E-state index >= 15 is 0 Å². The van der Waals surface area contributed by atoms with Gasteiger partial charge < -0.3 is 10.0 Å². The van der Waals surface area contributed by atoms with Crippen molar-refractivity contribution < 1.29 is 14.7 Å². The second kappa shape index (κ2) is 4.80. The molecule has 0 radical (unpaired) electrons. The summed E-state index contributed by atoms with van der Waals surface area (Å²) in [6.07, 6.45) is 0.838. The highest BCUT2D eigenvalue weighted by Crippen LogP contribution is 2.19. The van der Waals surface area contributed by atoms with Gasteiger partial charge in [-0.3, -0.25) is 14.7 Å². The molecule has 0 bridgehead atoms. The molecule has 1 aliphatic rings. The molecule has 0 saturated carbocycles. The van der Waals surface area contributed by atoms with Gasteiger partial charge in [0.1, 0.15) is 0 Å². The number of aromatic nitrogens is 2. The van der Waals surface area contributed by atoms with E-state index in [2.05, 4.69) is 10.2 Å². The summed E-state index contributed by atoms with van der Waals surface area (Å²) < 4.78 is 0. The van der Waals surface area contributed by atoms with Crippen LogP contribution < -0.4 is 0 Å². The van der Waals surface area contributed by atoms with Crippen LogP contribution in [0.25, 0.3) is 0 Å². The monoisotopic (exact) mass is 251 g/mol. The predicted octanol–water partition coefficient (Wildman–Crippen LogP) is 0.502. The highest BCUT2D eigenvalue weighted by atomic mass is 16.4. The Morgan fingerprint density at radius 3 is 2.72 bits per heavy atom. The van der Waals surface area contributed by atoms with E-state index in [1.807, 2.05) is 13.8 Å². The fraction of sp³-hybridized carbons (Fsp3) is 0.583. The van der Waals surface area contributed by atoms with Crippen LogP contribution in [0.2, 0.25) is 0 Å². The van der Waals surface area contributed by atoms with E-state index in [9.17, 15) is 9.59 Å². The maximum Gasteiger partial charge on any atom is 0.308 e. The summed E-state index contributed by atoms with van der Waals surface area (Å²) in [6, 6.07) is 0. The Morgan fingerprint density at radius 2 is 2.22 bits per heavy atom. The van der Waals surface area contributed by atoms with Crippen LogP contribution in [0.1, 0.15) is 23.4 Å². The number of likely N-dealkylation sites (tertiary alicyclic amines) is 1. The maximum atomic E-state index is 12.1. The number of H-pyrrole nitrogens is 1. The molecular weight excluding hydrogens is 234 g/mol. The third-order valence-corrected chi connectivity index (χ3v) is 3.50. The van der Waals surface area contributed by atoms with Gasteiger partial charge in [0, 0.05) is 24.3 Å². The van der Waals surface area contributed by atoms with E-state index in [4.69, 9.17) is 5.11 Å². The van der Waals surface area contributed by atoms with Gasteiger partial charge in [0.2, 0.25) is 5.91 Å². The Hall–Kier alpha value is -1.85. The average Bonchev–Trinajstić information content (AvgIpc) is 2.91.